The lowest BCUT2D eigenvalue weighted by atomic mass is 10.1. The molecule has 0 amide bonds. The van der Waals surface area contributed by atoms with E-state index in [1.54, 1.807) is 13.8 Å². The topological polar surface area (TPSA) is 58.6 Å². The third-order valence-electron chi connectivity index (χ3n) is 1.69. The van der Waals surface area contributed by atoms with Crippen LogP contribution < -0.4 is 5.48 Å². The number of carboxylic acid groups (broad SMARTS) is 1. The highest BCUT2D eigenvalue weighted by molar-refractivity contribution is 5.70. The molecule has 2 atom stereocenters. The zero-order valence-electron chi connectivity index (χ0n) is 8.92. The Kier molecular flexibility index (Phi) is 4.36. The van der Waals surface area contributed by atoms with E-state index in [4.69, 9.17) is 9.94 Å². The van der Waals surface area contributed by atoms with Crippen LogP contribution in [-0.2, 0) is 9.63 Å². The summed E-state index contributed by atoms with van der Waals surface area (Å²) in [5.74, 6) is -1.28. The van der Waals surface area contributed by atoms with Crippen LogP contribution in [0.2, 0.25) is 0 Å². The predicted octanol–water partition coefficient (Wildman–Crippen LogP) is 1.42. The molecule has 0 heterocycles. The number of rotatable bonds is 4. The third kappa shape index (κ3) is 5.60. The van der Waals surface area contributed by atoms with Crippen LogP contribution in [0.4, 0.5) is 0 Å². The SMILES string of the molecule is CC(NOC(C)(C)C)C(C)C(=O)O. The van der Waals surface area contributed by atoms with Gasteiger partial charge < -0.3 is 5.11 Å². The van der Waals surface area contributed by atoms with Gasteiger partial charge in [0.1, 0.15) is 0 Å². The van der Waals surface area contributed by atoms with Gasteiger partial charge in [0.2, 0.25) is 0 Å². The molecule has 0 aromatic rings. The molecular weight excluding hydrogens is 170 g/mol. The van der Waals surface area contributed by atoms with Crippen LogP contribution in [0.25, 0.3) is 0 Å². The van der Waals surface area contributed by atoms with E-state index in [1.807, 2.05) is 20.8 Å². The quantitative estimate of drug-likeness (QED) is 0.656. The van der Waals surface area contributed by atoms with Crippen molar-refractivity contribution in [3.63, 3.8) is 0 Å². The van der Waals surface area contributed by atoms with E-state index in [0.29, 0.717) is 0 Å². The second-order valence-corrected chi connectivity index (χ2v) is 4.25. The van der Waals surface area contributed by atoms with Crippen molar-refractivity contribution in [1.29, 1.82) is 0 Å². The maximum absolute atomic E-state index is 10.6. The largest absolute Gasteiger partial charge is 0.481 e. The van der Waals surface area contributed by atoms with Crippen molar-refractivity contribution in [3.05, 3.63) is 0 Å². The molecule has 78 valence electrons. The van der Waals surface area contributed by atoms with Crippen molar-refractivity contribution in [2.45, 2.75) is 46.3 Å². The van der Waals surface area contributed by atoms with E-state index in [-0.39, 0.29) is 11.6 Å². The monoisotopic (exact) mass is 189 g/mol. The summed E-state index contributed by atoms with van der Waals surface area (Å²) >= 11 is 0. The number of carbonyl (C=O) groups is 1. The summed E-state index contributed by atoms with van der Waals surface area (Å²) in [4.78, 5) is 15.8. The zero-order valence-corrected chi connectivity index (χ0v) is 8.92. The lowest BCUT2D eigenvalue weighted by Crippen LogP contribution is -2.40. The molecular formula is C9H19NO3. The van der Waals surface area contributed by atoms with Crippen LogP contribution in [0.15, 0.2) is 0 Å². The lowest BCUT2D eigenvalue weighted by Gasteiger charge is -2.24. The molecule has 0 radical (unpaired) electrons. The van der Waals surface area contributed by atoms with Gasteiger partial charge in [-0.1, -0.05) is 6.92 Å². The zero-order chi connectivity index (χ0) is 10.6. The summed E-state index contributed by atoms with van der Waals surface area (Å²) in [5, 5.41) is 8.69. The summed E-state index contributed by atoms with van der Waals surface area (Å²) in [5.41, 5.74) is 2.42. The molecule has 0 aliphatic carbocycles. The summed E-state index contributed by atoms with van der Waals surface area (Å²) in [6.45, 7) is 9.13. The van der Waals surface area contributed by atoms with Crippen LogP contribution in [0.1, 0.15) is 34.6 Å². The molecule has 0 bridgehead atoms. The number of carboxylic acids is 1. The minimum Gasteiger partial charge on any atom is -0.481 e. The minimum absolute atomic E-state index is 0.197. The van der Waals surface area contributed by atoms with Gasteiger partial charge in [0.25, 0.3) is 0 Å². The predicted molar refractivity (Wildman–Crippen MR) is 50.2 cm³/mol. The Morgan fingerprint density at radius 1 is 1.38 bits per heavy atom. The molecule has 4 nitrogen and oxygen atoms in total. The first-order valence-electron chi connectivity index (χ1n) is 4.40. The van der Waals surface area contributed by atoms with Gasteiger partial charge in [0, 0.05) is 6.04 Å². The fourth-order valence-corrected chi connectivity index (χ4v) is 0.586. The summed E-state index contributed by atoms with van der Waals surface area (Å²) < 4.78 is 0. The number of aliphatic carboxylic acids is 1. The lowest BCUT2D eigenvalue weighted by molar-refractivity contribution is -0.146. The van der Waals surface area contributed by atoms with Crippen molar-refractivity contribution in [2.75, 3.05) is 0 Å². The third-order valence-corrected chi connectivity index (χ3v) is 1.69. The van der Waals surface area contributed by atoms with Crippen LogP contribution >= 0.6 is 0 Å². The van der Waals surface area contributed by atoms with Gasteiger partial charge in [-0.05, 0) is 27.7 Å². The molecule has 0 aromatic carbocycles. The highest BCUT2D eigenvalue weighted by Gasteiger charge is 2.21. The Balaban J connectivity index is 3.88. The first-order chi connectivity index (χ1) is 5.74. The van der Waals surface area contributed by atoms with Crippen LogP contribution in [0.5, 0.6) is 0 Å². The molecule has 0 aliphatic heterocycles. The van der Waals surface area contributed by atoms with Gasteiger partial charge in [-0.3, -0.25) is 9.63 Å². The molecule has 0 fully saturated rings. The smallest absolute Gasteiger partial charge is 0.307 e. The van der Waals surface area contributed by atoms with Crippen molar-refractivity contribution >= 4 is 5.97 Å². The Bertz CT molecular complexity index is 174. The Hall–Kier alpha value is -0.610. The fourth-order valence-electron chi connectivity index (χ4n) is 0.586. The molecule has 0 saturated carbocycles. The summed E-state index contributed by atoms with van der Waals surface area (Å²) in [7, 11) is 0. The molecule has 0 saturated heterocycles. The molecule has 13 heavy (non-hydrogen) atoms. The molecule has 0 rings (SSSR count). The maximum Gasteiger partial charge on any atom is 0.307 e. The Labute approximate surface area is 79.2 Å². The van der Waals surface area contributed by atoms with Crippen LogP contribution in [-0.4, -0.2) is 22.7 Å². The molecule has 0 spiro atoms. The summed E-state index contributed by atoms with van der Waals surface area (Å²) in [6, 6.07) is -0.197. The van der Waals surface area contributed by atoms with Crippen LogP contribution in [0, 0.1) is 5.92 Å². The standard InChI is InChI=1S/C9H19NO3/c1-6(8(11)12)7(2)10-13-9(3,4)5/h6-7,10H,1-5H3,(H,11,12). The van der Waals surface area contributed by atoms with E-state index in [0.717, 1.165) is 0 Å². The van der Waals surface area contributed by atoms with Gasteiger partial charge in [-0.2, -0.15) is 5.48 Å². The maximum atomic E-state index is 10.6. The highest BCUT2D eigenvalue weighted by Crippen LogP contribution is 2.08. The molecule has 0 aromatic heterocycles. The summed E-state index contributed by atoms with van der Waals surface area (Å²) in [6.07, 6.45) is 0. The Morgan fingerprint density at radius 2 is 1.85 bits per heavy atom. The fraction of sp³-hybridized carbons (Fsp3) is 0.889. The molecule has 0 aliphatic rings. The number of hydrogen-bond acceptors (Lipinski definition) is 3. The molecule has 2 N–H and O–H groups in total. The average Bonchev–Trinajstić information content (AvgIpc) is 1.97. The van der Waals surface area contributed by atoms with E-state index in [9.17, 15) is 4.79 Å². The second kappa shape index (κ2) is 4.58. The van der Waals surface area contributed by atoms with Gasteiger partial charge in [0.15, 0.2) is 0 Å². The number of nitrogens with one attached hydrogen (secondary N) is 1. The first-order valence-corrected chi connectivity index (χ1v) is 4.40. The minimum atomic E-state index is -0.822. The number of hydrogen-bond donors (Lipinski definition) is 2. The van der Waals surface area contributed by atoms with Crippen molar-refractivity contribution in [2.24, 2.45) is 5.92 Å². The van der Waals surface area contributed by atoms with E-state index in [2.05, 4.69) is 5.48 Å². The van der Waals surface area contributed by atoms with Crippen LogP contribution in [0.3, 0.4) is 0 Å². The number of hydroxylamine groups is 1. The normalized spacial score (nSPS) is 16.7. The molecule has 2 unspecified atom stereocenters. The van der Waals surface area contributed by atoms with Crippen molar-refractivity contribution in [1.82, 2.24) is 5.48 Å². The van der Waals surface area contributed by atoms with Gasteiger partial charge in [-0.15, -0.1) is 0 Å². The highest BCUT2D eigenvalue weighted by atomic mass is 16.7. The molecule has 4 heteroatoms. The van der Waals surface area contributed by atoms with E-state index >= 15 is 0 Å². The average molecular weight is 189 g/mol. The van der Waals surface area contributed by atoms with E-state index < -0.39 is 11.9 Å². The van der Waals surface area contributed by atoms with Gasteiger partial charge in [-0.25, -0.2) is 0 Å². The van der Waals surface area contributed by atoms with Gasteiger partial charge in [0.05, 0.1) is 11.5 Å². The van der Waals surface area contributed by atoms with Crippen molar-refractivity contribution < 1.29 is 14.7 Å². The second-order valence-electron chi connectivity index (χ2n) is 4.25. The Morgan fingerprint density at radius 3 is 2.15 bits per heavy atom. The van der Waals surface area contributed by atoms with Gasteiger partial charge >= 0.3 is 5.97 Å². The first kappa shape index (κ1) is 12.4. The van der Waals surface area contributed by atoms with Crippen molar-refractivity contribution in [3.8, 4) is 0 Å². The van der Waals surface area contributed by atoms with E-state index in [1.165, 1.54) is 0 Å².